The van der Waals surface area contributed by atoms with Gasteiger partial charge in [0.1, 0.15) is 0 Å². The molecule has 0 spiro atoms. The fraction of sp³-hybridized carbons (Fsp3) is 0.0769. The molecule has 1 nitrogen and oxygen atoms in total. The predicted octanol–water partition coefficient (Wildman–Crippen LogP) is 4.01. The van der Waals surface area contributed by atoms with E-state index in [2.05, 4.69) is 0 Å². The smallest absolute Gasteiger partial charge is 0.159 e. The summed E-state index contributed by atoms with van der Waals surface area (Å²) in [7, 11) is 0. The maximum Gasteiger partial charge on any atom is 0.159 e. The van der Waals surface area contributed by atoms with E-state index in [9.17, 15) is 8.78 Å². The molecule has 0 aliphatic rings. The van der Waals surface area contributed by atoms with Crippen LogP contribution in [0.25, 0.3) is 0 Å². The highest BCUT2D eigenvalue weighted by atomic mass is 32.2. The van der Waals surface area contributed by atoms with Crippen molar-refractivity contribution in [1.82, 2.24) is 0 Å². The third-order valence-electron chi connectivity index (χ3n) is 2.20. The number of halogens is 2. The van der Waals surface area contributed by atoms with E-state index in [0.29, 0.717) is 10.6 Å². The molecule has 0 unspecified atom stereocenters. The van der Waals surface area contributed by atoms with Crippen LogP contribution in [0.3, 0.4) is 0 Å². The molecular weight excluding hydrogens is 240 g/mol. The van der Waals surface area contributed by atoms with E-state index in [1.807, 2.05) is 19.1 Å². The highest BCUT2D eigenvalue weighted by molar-refractivity contribution is 7.99. The van der Waals surface area contributed by atoms with Crippen molar-refractivity contribution < 1.29 is 8.78 Å². The van der Waals surface area contributed by atoms with Crippen molar-refractivity contribution >= 4 is 17.4 Å². The molecule has 0 amide bonds. The van der Waals surface area contributed by atoms with Crippen LogP contribution in [0.15, 0.2) is 46.2 Å². The Morgan fingerprint density at radius 2 is 1.71 bits per heavy atom. The maximum absolute atomic E-state index is 13.0. The average molecular weight is 251 g/mol. The maximum atomic E-state index is 13.0. The Hall–Kier alpha value is -1.55. The topological polar surface area (TPSA) is 26.0 Å². The van der Waals surface area contributed by atoms with E-state index in [1.165, 1.54) is 17.8 Å². The largest absolute Gasteiger partial charge is 0.399 e. The Morgan fingerprint density at radius 1 is 0.941 bits per heavy atom. The molecule has 0 aromatic heterocycles. The second-order valence-electron chi connectivity index (χ2n) is 3.76. The minimum atomic E-state index is -0.837. The minimum absolute atomic E-state index is 0.647. The lowest BCUT2D eigenvalue weighted by Gasteiger charge is -2.05. The lowest BCUT2D eigenvalue weighted by Crippen LogP contribution is -1.87. The molecule has 0 atom stereocenters. The molecule has 0 saturated heterocycles. The first-order chi connectivity index (χ1) is 8.04. The van der Waals surface area contributed by atoms with Crippen molar-refractivity contribution in [3.63, 3.8) is 0 Å². The minimum Gasteiger partial charge on any atom is -0.399 e. The summed E-state index contributed by atoms with van der Waals surface area (Å²) in [5.74, 6) is -1.67. The van der Waals surface area contributed by atoms with Crippen molar-refractivity contribution in [2.24, 2.45) is 0 Å². The first kappa shape index (κ1) is 11.9. The molecule has 0 fully saturated rings. The summed E-state index contributed by atoms with van der Waals surface area (Å²) in [5, 5.41) is 0. The number of hydrogen-bond acceptors (Lipinski definition) is 2. The second-order valence-corrected chi connectivity index (χ2v) is 4.90. The third-order valence-corrected chi connectivity index (χ3v) is 3.16. The first-order valence-corrected chi connectivity index (χ1v) is 5.86. The van der Waals surface area contributed by atoms with Gasteiger partial charge < -0.3 is 5.73 Å². The van der Waals surface area contributed by atoms with E-state index in [0.717, 1.165) is 16.5 Å². The zero-order valence-electron chi connectivity index (χ0n) is 9.21. The van der Waals surface area contributed by atoms with Crippen LogP contribution in [-0.2, 0) is 0 Å². The summed E-state index contributed by atoms with van der Waals surface area (Å²) >= 11 is 1.35. The van der Waals surface area contributed by atoms with Gasteiger partial charge in [0.25, 0.3) is 0 Å². The van der Waals surface area contributed by atoms with E-state index in [1.54, 1.807) is 12.1 Å². The molecule has 0 aliphatic heterocycles. The number of rotatable bonds is 2. The molecule has 2 rings (SSSR count). The van der Waals surface area contributed by atoms with Gasteiger partial charge in [0.15, 0.2) is 11.6 Å². The van der Waals surface area contributed by atoms with Gasteiger partial charge in [-0.1, -0.05) is 11.8 Å². The number of anilines is 1. The standard InChI is InChI=1S/C13H11F2NS/c1-8-4-9(16)6-11(5-8)17-10-2-3-12(14)13(15)7-10/h2-7H,16H2,1H3. The van der Waals surface area contributed by atoms with E-state index in [-0.39, 0.29) is 0 Å². The van der Waals surface area contributed by atoms with Gasteiger partial charge in [-0.05, 0) is 48.9 Å². The van der Waals surface area contributed by atoms with Crippen LogP contribution in [0.1, 0.15) is 5.56 Å². The van der Waals surface area contributed by atoms with Crippen LogP contribution in [-0.4, -0.2) is 0 Å². The Balaban J connectivity index is 2.28. The summed E-state index contributed by atoms with van der Waals surface area (Å²) in [5.41, 5.74) is 7.42. The summed E-state index contributed by atoms with van der Waals surface area (Å²) in [6.07, 6.45) is 0. The molecule has 17 heavy (non-hydrogen) atoms. The lowest BCUT2D eigenvalue weighted by atomic mass is 10.2. The summed E-state index contributed by atoms with van der Waals surface area (Å²) in [4.78, 5) is 1.56. The Labute approximate surface area is 103 Å². The highest BCUT2D eigenvalue weighted by Crippen LogP contribution is 2.30. The lowest BCUT2D eigenvalue weighted by molar-refractivity contribution is 0.506. The fourth-order valence-corrected chi connectivity index (χ4v) is 2.52. The fourth-order valence-electron chi connectivity index (χ4n) is 1.51. The quantitative estimate of drug-likeness (QED) is 0.816. The van der Waals surface area contributed by atoms with Crippen LogP contribution >= 0.6 is 11.8 Å². The van der Waals surface area contributed by atoms with Gasteiger partial charge in [0.2, 0.25) is 0 Å². The molecule has 88 valence electrons. The Kier molecular flexibility index (Phi) is 3.33. The zero-order chi connectivity index (χ0) is 12.4. The van der Waals surface area contributed by atoms with Crippen LogP contribution in [0, 0.1) is 18.6 Å². The van der Waals surface area contributed by atoms with Gasteiger partial charge in [-0.3, -0.25) is 0 Å². The number of benzene rings is 2. The van der Waals surface area contributed by atoms with Crippen LogP contribution < -0.4 is 5.73 Å². The van der Waals surface area contributed by atoms with Gasteiger partial charge >= 0.3 is 0 Å². The second kappa shape index (κ2) is 4.75. The van der Waals surface area contributed by atoms with Gasteiger partial charge in [-0.25, -0.2) is 8.78 Å². The van der Waals surface area contributed by atoms with Crippen LogP contribution in [0.4, 0.5) is 14.5 Å². The molecule has 0 radical (unpaired) electrons. The molecule has 2 aromatic carbocycles. The van der Waals surface area contributed by atoms with Crippen LogP contribution in [0.2, 0.25) is 0 Å². The van der Waals surface area contributed by atoms with E-state index >= 15 is 0 Å². The molecule has 0 aliphatic carbocycles. The van der Waals surface area contributed by atoms with Crippen molar-refractivity contribution in [3.8, 4) is 0 Å². The van der Waals surface area contributed by atoms with Gasteiger partial charge in [0.05, 0.1) is 0 Å². The van der Waals surface area contributed by atoms with Crippen molar-refractivity contribution in [1.29, 1.82) is 0 Å². The summed E-state index contributed by atoms with van der Waals surface area (Å²) in [6, 6.07) is 9.45. The SMILES string of the molecule is Cc1cc(N)cc(Sc2ccc(F)c(F)c2)c1. The van der Waals surface area contributed by atoms with Gasteiger partial charge in [-0.2, -0.15) is 0 Å². The first-order valence-electron chi connectivity index (χ1n) is 5.04. The molecule has 0 saturated carbocycles. The van der Waals surface area contributed by atoms with Gasteiger partial charge in [-0.15, -0.1) is 0 Å². The average Bonchev–Trinajstić information content (AvgIpc) is 2.22. The van der Waals surface area contributed by atoms with Gasteiger partial charge in [0, 0.05) is 15.5 Å². The molecule has 0 heterocycles. The molecule has 2 aromatic rings. The normalized spacial score (nSPS) is 10.5. The van der Waals surface area contributed by atoms with E-state index in [4.69, 9.17) is 5.73 Å². The van der Waals surface area contributed by atoms with Crippen molar-refractivity contribution in [2.75, 3.05) is 5.73 Å². The molecule has 0 bridgehead atoms. The van der Waals surface area contributed by atoms with E-state index < -0.39 is 11.6 Å². The third kappa shape index (κ3) is 2.97. The summed E-state index contributed by atoms with van der Waals surface area (Å²) < 4.78 is 25.8. The Bertz CT molecular complexity index is 535. The van der Waals surface area contributed by atoms with Crippen LogP contribution in [0.5, 0.6) is 0 Å². The zero-order valence-corrected chi connectivity index (χ0v) is 10.0. The molecular formula is C13H11F2NS. The molecule has 2 N–H and O–H groups in total. The number of nitrogens with two attached hydrogens (primary N) is 1. The monoisotopic (exact) mass is 251 g/mol. The summed E-state index contributed by atoms with van der Waals surface area (Å²) in [6.45, 7) is 1.94. The number of hydrogen-bond donors (Lipinski definition) is 1. The highest BCUT2D eigenvalue weighted by Gasteiger charge is 2.04. The Morgan fingerprint density at radius 3 is 2.35 bits per heavy atom. The predicted molar refractivity (Wildman–Crippen MR) is 66.1 cm³/mol. The van der Waals surface area contributed by atoms with Crippen molar-refractivity contribution in [3.05, 3.63) is 53.6 Å². The number of nitrogen functional groups attached to an aromatic ring is 1. The number of aryl methyl sites for hydroxylation is 1. The van der Waals surface area contributed by atoms with Crippen molar-refractivity contribution in [2.45, 2.75) is 16.7 Å². The molecule has 4 heteroatoms.